The molecule has 0 bridgehead atoms. The van der Waals surface area contributed by atoms with E-state index in [0.29, 0.717) is 11.4 Å². The third-order valence-corrected chi connectivity index (χ3v) is 3.62. The lowest BCUT2D eigenvalue weighted by Crippen LogP contribution is -2.20. The number of amides is 1. The highest BCUT2D eigenvalue weighted by Crippen LogP contribution is 2.23. The molecule has 0 aromatic heterocycles. The van der Waals surface area contributed by atoms with Crippen LogP contribution in [0.1, 0.15) is 16.7 Å². The Bertz CT molecular complexity index is 716. The Labute approximate surface area is 134 Å². The molecule has 5 heteroatoms. The number of rotatable bonds is 4. The van der Waals surface area contributed by atoms with Gasteiger partial charge >= 0.3 is 0 Å². The Balaban J connectivity index is 2.00. The molecule has 0 heterocycles. The van der Waals surface area contributed by atoms with Crippen molar-refractivity contribution in [1.29, 1.82) is 0 Å². The average molecular weight is 322 g/mol. The van der Waals surface area contributed by atoms with Crippen LogP contribution >= 0.6 is 11.6 Å². The number of carbonyl (C=O) groups excluding carboxylic acids is 1. The van der Waals surface area contributed by atoms with E-state index in [1.165, 1.54) is 18.2 Å². The Morgan fingerprint density at radius 2 is 1.95 bits per heavy atom. The van der Waals surface area contributed by atoms with Crippen molar-refractivity contribution in [3.05, 3.63) is 57.9 Å². The van der Waals surface area contributed by atoms with Crippen molar-refractivity contribution in [1.82, 2.24) is 0 Å². The van der Waals surface area contributed by atoms with Gasteiger partial charge in [-0.1, -0.05) is 17.7 Å². The zero-order chi connectivity index (χ0) is 16.3. The molecule has 22 heavy (non-hydrogen) atoms. The molecule has 116 valence electrons. The highest BCUT2D eigenvalue weighted by molar-refractivity contribution is 6.31. The largest absolute Gasteiger partial charge is 0.483 e. The van der Waals surface area contributed by atoms with Crippen molar-refractivity contribution in [3.63, 3.8) is 0 Å². The molecule has 0 radical (unpaired) electrons. The van der Waals surface area contributed by atoms with Gasteiger partial charge in [0.1, 0.15) is 11.6 Å². The zero-order valence-corrected chi connectivity index (χ0v) is 13.4. The normalized spacial score (nSPS) is 10.4. The first kappa shape index (κ1) is 16.3. The highest BCUT2D eigenvalue weighted by atomic mass is 35.5. The predicted octanol–water partition coefficient (Wildman–Crippen LogP) is 4.42. The number of hydrogen-bond acceptors (Lipinski definition) is 2. The van der Waals surface area contributed by atoms with Crippen LogP contribution in [0.15, 0.2) is 30.3 Å². The second-order valence-electron chi connectivity index (χ2n) is 5.17. The predicted molar refractivity (Wildman–Crippen MR) is 86.2 cm³/mol. The molecule has 3 nitrogen and oxygen atoms in total. The van der Waals surface area contributed by atoms with Gasteiger partial charge < -0.3 is 10.1 Å². The van der Waals surface area contributed by atoms with Gasteiger partial charge in [-0.05, 0) is 61.7 Å². The average Bonchev–Trinajstić information content (AvgIpc) is 2.45. The zero-order valence-electron chi connectivity index (χ0n) is 12.7. The molecule has 0 saturated heterocycles. The minimum Gasteiger partial charge on any atom is -0.483 e. The lowest BCUT2D eigenvalue weighted by Gasteiger charge is -2.12. The van der Waals surface area contributed by atoms with Crippen LogP contribution in [-0.2, 0) is 4.79 Å². The third-order valence-electron chi connectivity index (χ3n) is 3.33. The molecule has 2 aromatic rings. The summed E-state index contributed by atoms with van der Waals surface area (Å²) >= 11 is 5.67. The van der Waals surface area contributed by atoms with Crippen molar-refractivity contribution in [2.75, 3.05) is 11.9 Å². The number of hydrogen-bond donors (Lipinski definition) is 1. The van der Waals surface area contributed by atoms with Crippen molar-refractivity contribution < 1.29 is 13.9 Å². The van der Waals surface area contributed by atoms with Crippen LogP contribution in [0.25, 0.3) is 0 Å². The molecule has 0 spiro atoms. The Morgan fingerprint density at radius 3 is 2.64 bits per heavy atom. The number of carbonyl (C=O) groups is 1. The van der Waals surface area contributed by atoms with E-state index in [-0.39, 0.29) is 17.5 Å². The van der Waals surface area contributed by atoms with E-state index in [1.807, 2.05) is 26.8 Å². The monoisotopic (exact) mass is 321 g/mol. The van der Waals surface area contributed by atoms with Crippen molar-refractivity contribution in [2.24, 2.45) is 0 Å². The minimum absolute atomic E-state index is 0.0381. The molecule has 0 saturated carbocycles. The highest BCUT2D eigenvalue weighted by Gasteiger charge is 2.09. The Morgan fingerprint density at radius 1 is 1.23 bits per heavy atom. The molecule has 0 aliphatic carbocycles. The molecule has 0 fully saturated rings. The van der Waals surface area contributed by atoms with Gasteiger partial charge in [0.15, 0.2) is 6.61 Å². The minimum atomic E-state index is -0.526. The van der Waals surface area contributed by atoms with E-state index in [4.69, 9.17) is 16.3 Å². The van der Waals surface area contributed by atoms with Crippen LogP contribution in [0.4, 0.5) is 10.1 Å². The van der Waals surface area contributed by atoms with Gasteiger partial charge in [0.05, 0.1) is 5.02 Å². The lowest BCUT2D eigenvalue weighted by atomic mass is 10.1. The molecule has 2 rings (SSSR count). The molecule has 1 amide bonds. The van der Waals surface area contributed by atoms with E-state index in [9.17, 15) is 9.18 Å². The SMILES string of the molecule is Cc1cc(C)c(C)c(OCC(=O)Nc2ccc(F)c(Cl)c2)c1. The van der Waals surface area contributed by atoms with E-state index in [2.05, 4.69) is 11.4 Å². The maximum Gasteiger partial charge on any atom is 0.262 e. The maximum absolute atomic E-state index is 13.1. The summed E-state index contributed by atoms with van der Waals surface area (Å²) in [6.45, 7) is 5.79. The van der Waals surface area contributed by atoms with Gasteiger partial charge in [-0.15, -0.1) is 0 Å². The van der Waals surface area contributed by atoms with E-state index in [1.54, 1.807) is 0 Å². The van der Waals surface area contributed by atoms with Crippen LogP contribution in [0, 0.1) is 26.6 Å². The molecule has 0 aliphatic rings. The molecule has 0 aliphatic heterocycles. The number of ether oxygens (including phenoxy) is 1. The first-order chi connectivity index (χ1) is 10.4. The van der Waals surface area contributed by atoms with Gasteiger partial charge in [-0.2, -0.15) is 0 Å². The molecular formula is C17H17ClFNO2. The summed E-state index contributed by atoms with van der Waals surface area (Å²) in [5.74, 6) is -0.173. The van der Waals surface area contributed by atoms with Gasteiger partial charge in [0, 0.05) is 5.69 Å². The smallest absolute Gasteiger partial charge is 0.262 e. The summed E-state index contributed by atoms with van der Waals surface area (Å²) in [6.07, 6.45) is 0. The summed E-state index contributed by atoms with van der Waals surface area (Å²) in [5.41, 5.74) is 3.62. The Hall–Kier alpha value is -2.07. The van der Waals surface area contributed by atoms with Crippen LogP contribution in [0.3, 0.4) is 0 Å². The van der Waals surface area contributed by atoms with E-state index < -0.39 is 5.82 Å². The second-order valence-corrected chi connectivity index (χ2v) is 5.58. The fourth-order valence-electron chi connectivity index (χ4n) is 2.06. The number of benzene rings is 2. The van der Waals surface area contributed by atoms with Crippen LogP contribution in [0.2, 0.25) is 5.02 Å². The van der Waals surface area contributed by atoms with E-state index in [0.717, 1.165) is 16.7 Å². The summed E-state index contributed by atoms with van der Waals surface area (Å²) in [4.78, 5) is 11.9. The summed E-state index contributed by atoms with van der Waals surface area (Å²) in [7, 11) is 0. The molecule has 1 N–H and O–H groups in total. The van der Waals surface area contributed by atoms with Crippen molar-refractivity contribution >= 4 is 23.2 Å². The van der Waals surface area contributed by atoms with Crippen molar-refractivity contribution in [3.8, 4) is 5.75 Å². The molecule has 0 atom stereocenters. The molecular weight excluding hydrogens is 305 g/mol. The third kappa shape index (κ3) is 3.98. The molecule has 0 unspecified atom stereocenters. The number of aryl methyl sites for hydroxylation is 2. The summed E-state index contributed by atoms with van der Waals surface area (Å²) in [5, 5.41) is 2.58. The summed E-state index contributed by atoms with van der Waals surface area (Å²) < 4.78 is 18.6. The standard InChI is InChI=1S/C17H17ClFNO2/c1-10-6-11(2)12(3)16(7-10)22-9-17(21)20-13-4-5-15(19)14(18)8-13/h4-8H,9H2,1-3H3,(H,20,21). The van der Waals surface area contributed by atoms with Crippen LogP contribution < -0.4 is 10.1 Å². The van der Waals surface area contributed by atoms with Crippen LogP contribution in [0.5, 0.6) is 5.75 Å². The van der Waals surface area contributed by atoms with Gasteiger partial charge in [-0.3, -0.25) is 4.79 Å². The topological polar surface area (TPSA) is 38.3 Å². The lowest BCUT2D eigenvalue weighted by molar-refractivity contribution is -0.118. The fraction of sp³-hybridized carbons (Fsp3) is 0.235. The fourth-order valence-corrected chi connectivity index (χ4v) is 2.25. The molecule has 2 aromatic carbocycles. The van der Waals surface area contributed by atoms with Gasteiger partial charge in [0.25, 0.3) is 5.91 Å². The number of halogens is 2. The summed E-state index contributed by atoms with van der Waals surface area (Å²) in [6, 6.07) is 7.96. The maximum atomic E-state index is 13.1. The van der Waals surface area contributed by atoms with Gasteiger partial charge in [-0.25, -0.2) is 4.39 Å². The van der Waals surface area contributed by atoms with Crippen LogP contribution in [-0.4, -0.2) is 12.5 Å². The second kappa shape index (κ2) is 6.79. The Kier molecular flexibility index (Phi) is 5.03. The number of nitrogens with one attached hydrogen (secondary N) is 1. The first-order valence-electron chi connectivity index (χ1n) is 6.82. The van der Waals surface area contributed by atoms with E-state index >= 15 is 0 Å². The number of anilines is 1. The first-order valence-corrected chi connectivity index (χ1v) is 7.20. The van der Waals surface area contributed by atoms with Crippen molar-refractivity contribution in [2.45, 2.75) is 20.8 Å². The quantitative estimate of drug-likeness (QED) is 0.905. The van der Waals surface area contributed by atoms with Gasteiger partial charge in [0.2, 0.25) is 0 Å².